The molecule has 0 aromatic heterocycles. The first-order valence-electron chi connectivity index (χ1n) is 5.75. The smallest absolute Gasteiger partial charge is 0.412 e. The second-order valence-corrected chi connectivity index (χ2v) is 5.82. The maximum atomic E-state index is 11.7. The largest absolute Gasteiger partial charge is 0.497 e. The summed E-state index contributed by atoms with van der Waals surface area (Å²) < 4.78 is 10.4. The third kappa shape index (κ3) is 4.41. The minimum Gasteiger partial charge on any atom is -0.497 e. The van der Waals surface area contributed by atoms with Crippen LogP contribution in [0, 0.1) is 0 Å². The number of amides is 1. The van der Waals surface area contributed by atoms with E-state index in [-0.39, 0.29) is 11.3 Å². The fourth-order valence-corrected chi connectivity index (χ4v) is 2.04. The van der Waals surface area contributed by atoms with Crippen molar-refractivity contribution >= 4 is 33.7 Å². The third-order valence-corrected chi connectivity index (χ3v) is 2.77. The predicted molar refractivity (Wildman–Crippen MR) is 77.5 cm³/mol. The lowest BCUT2D eigenvalue weighted by Crippen LogP contribution is -2.27. The normalized spacial score (nSPS) is 10.8. The number of halogens is 1. The molecule has 0 spiro atoms. The van der Waals surface area contributed by atoms with Crippen molar-refractivity contribution in [3.05, 3.63) is 22.2 Å². The Morgan fingerprint density at radius 3 is 2.35 bits per heavy atom. The van der Waals surface area contributed by atoms with Gasteiger partial charge in [0.05, 0.1) is 18.4 Å². The fraction of sp³-hybridized carbons (Fsp3) is 0.385. The molecule has 20 heavy (non-hydrogen) atoms. The van der Waals surface area contributed by atoms with E-state index in [4.69, 9.17) is 9.47 Å². The zero-order chi connectivity index (χ0) is 15.5. The van der Waals surface area contributed by atoms with Gasteiger partial charge in [-0.15, -0.1) is 0 Å². The zero-order valence-corrected chi connectivity index (χ0v) is 13.2. The van der Waals surface area contributed by atoms with Gasteiger partial charge in [0.25, 0.3) is 0 Å². The maximum Gasteiger partial charge on any atom is 0.412 e. The number of carbonyl (C=O) groups is 2. The fourth-order valence-electron chi connectivity index (χ4n) is 1.43. The van der Waals surface area contributed by atoms with Crippen molar-refractivity contribution in [1.82, 2.24) is 0 Å². The highest BCUT2D eigenvalue weighted by molar-refractivity contribution is 9.10. The van der Waals surface area contributed by atoms with Gasteiger partial charge in [-0.2, -0.15) is 0 Å². The van der Waals surface area contributed by atoms with Crippen LogP contribution >= 0.6 is 15.9 Å². The van der Waals surface area contributed by atoms with E-state index in [2.05, 4.69) is 21.2 Å². The second-order valence-electron chi connectivity index (χ2n) is 4.96. The summed E-state index contributed by atoms with van der Waals surface area (Å²) >= 11 is 3.14. The van der Waals surface area contributed by atoms with E-state index in [1.807, 2.05) is 0 Å². The van der Waals surface area contributed by atoms with Crippen molar-refractivity contribution in [2.45, 2.75) is 26.4 Å². The molecule has 0 saturated carbocycles. The molecular formula is C13H16BrNO5. The van der Waals surface area contributed by atoms with Crippen LogP contribution in [-0.4, -0.2) is 29.9 Å². The number of aromatic carboxylic acids is 1. The van der Waals surface area contributed by atoms with E-state index in [0.29, 0.717) is 10.2 Å². The Labute approximate surface area is 125 Å². The summed E-state index contributed by atoms with van der Waals surface area (Å²) in [5.74, 6) is -0.765. The van der Waals surface area contributed by atoms with Gasteiger partial charge >= 0.3 is 12.1 Å². The highest BCUT2D eigenvalue weighted by atomic mass is 79.9. The maximum absolute atomic E-state index is 11.7. The summed E-state index contributed by atoms with van der Waals surface area (Å²) in [5, 5.41) is 11.6. The quantitative estimate of drug-likeness (QED) is 0.875. The summed E-state index contributed by atoms with van der Waals surface area (Å²) in [6, 6.07) is 2.92. The third-order valence-electron chi connectivity index (χ3n) is 2.15. The Morgan fingerprint density at radius 1 is 1.30 bits per heavy atom. The summed E-state index contributed by atoms with van der Waals surface area (Å²) in [6.45, 7) is 5.14. The van der Waals surface area contributed by atoms with Crippen molar-refractivity contribution in [2.75, 3.05) is 12.4 Å². The number of carboxylic acids is 1. The van der Waals surface area contributed by atoms with Gasteiger partial charge in [-0.1, -0.05) is 0 Å². The topological polar surface area (TPSA) is 84.9 Å². The SMILES string of the molecule is COc1cc(Br)c(C(=O)O)c(NC(=O)OC(C)(C)C)c1. The molecule has 0 radical (unpaired) electrons. The Balaban J connectivity index is 3.12. The van der Waals surface area contributed by atoms with Crippen molar-refractivity contribution in [2.24, 2.45) is 0 Å². The molecule has 1 aromatic rings. The average molecular weight is 346 g/mol. The molecule has 7 heteroatoms. The molecule has 0 atom stereocenters. The monoisotopic (exact) mass is 345 g/mol. The van der Waals surface area contributed by atoms with E-state index in [1.54, 1.807) is 20.8 Å². The average Bonchev–Trinajstić information content (AvgIpc) is 2.24. The van der Waals surface area contributed by atoms with Crippen LogP contribution in [0.4, 0.5) is 10.5 Å². The van der Waals surface area contributed by atoms with Crippen LogP contribution in [0.15, 0.2) is 16.6 Å². The number of carbonyl (C=O) groups excluding carboxylic acids is 1. The number of methoxy groups -OCH3 is 1. The van der Waals surface area contributed by atoms with Gasteiger partial charge in [-0.25, -0.2) is 9.59 Å². The van der Waals surface area contributed by atoms with Crippen LogP contribution in [0.5, 0.6) is 5.75 Å². The minimum absolute atomic E-state index is 0.0725. The molecule has 0 fully saturated rings. The molecule has 110 valence electrons. The van der Waals surface area contributed by atoms with E-state index in [0.717, 1.165) is 0 Å². The van der Waals surface area contributed by atoms with E-state index < -0.39 is 17.7 Å². The van der Waals surface area contributed by atoms with Crippen molar-refractivity contribution in [3.8, 4) is 5.75 Å². The number of hydrogen-bond acceptors (Lipinski definition) is 4. The number of benzene rings is 1. The van der Waals surface area contributed by atoms with Crippen molar-refractivity contribution in [3.63, 3.8) is 0 Å². The molecule has 6 nitrogen and oxygen atoms in total. The van der Waals surface area contributed by atoms with Gasteiger partial charge in [0.1, 0.15) is 11.4 Å². The summed E-state index contributed by atoms with van der Waals surface area (Å²) in [4.78, 5) is 23.0. The molecule has 0 bridgehead atoms. The van der Waals surface area contributed by atoms with Gasteiger partial charge in [-0.3, -0.25) is 5.32 Å². The van der Waals surface area contributed by atoms with Crippen LogP contribution < -0.4 is 10.1 Å². The van der Waals surface area contributed by atoms with Gasteiger partial charge in [0, 0.05) is 10.5 Å². The van der Waals surface area contributed by atoms with Crippen LogP contribution in [0.2, 0.25) is 0 Å². The summed E-state index contributed by atoms with van der Waals surface area (Å²) in [5.41, 5.74) is -0.654. The molecule has 1 rings (SSSR count). The highest BCUT2D eigenvalue weighted by Crippen LogP contribution is 2.31. The lowest BCUT2D eigenvalue weighted by Gasteiger charge is -2.20. The number of carboxylic acid groups (broad SMARTS) is 1. The first-order chi connectivity index (χ1) is 9.14. The number of nitrogens with one attached hydrogen (secondary N) is 1. The molecule has 0 unspecified atom stereocenters. The van der Waals surface area contributed by atoms with E-state index in [9.17, 15) is 14.7 Å². The van der Waals surface area contributed by atoms with Gasteiger partial charge < -0.3 is 14.6 Å². The number of anilines is 1. The Hall–Kier alpha value is -1.76. The van der Waals surface area contributed by atoms with Crippen molar-refractivity contribution in [1.29, 1.82) is 0 Å². The van der Waals surface area contributed by atoms with E-state index >= 15 is 0 Å². The van der Waals surface area contributed by atoms with Crippen LogP contribution in [0.3, 0.4) is 0 Å². The van der Waals surface area contributed by atoms with Crippen LogP contribution in [0.25, 0.3) is 0 Å². The molecule has 1 aromatic carbocycles. The summed E-state index contributed by atoms with van der Waals surface area (Å²) in [7, 11) is 1.44. The lowest BCUT2D eigenvalue weighted by atomic mass is 10.1. The molecule has 0 aliphatic carbocycles. The molecule has 0 heterocycles. The molecule has 2 N–H and O–H groups in total. The zero-order valence-electron chi connectivity index (χ0n) is 11.6. The van der Waals surface area contributed by atoms with Gasteiger partial charge in [-0.05, 0) is 42.8 Å². The second kappa shape index (κ2) is 6.13. The van der Waals surface area contributed by atoms with Gasteiger partial charge in [0.2, 0.25) is 0 Å². The minimum atomic E-state index is -1.18. The first-order valence-corrected chi connectivity index (χ1v) is 6.54. The standard InChI is InChI=1S/C13H16BrNO5/c1-13(2,3)20-12(18)15-9-6-7(19-4)5-8(14)10(9)11(16)17/h5-6H,1-4H3,(H,15,18)(H,16,17). The number of rotatable bonds is 3. The van der Waals surface area contributed by atoms with Gasteiger partial charge in [0.15, 0.2) is 0 Å². The molecule has 0 aliphatic heterocycles. The Morgan fingerprint density at radius 2 is 1.90 bits per heavy atom. The predicted octanol–water partition coefficient (Wildman–Crippen LogP) is 3.50. The molecule has 1 amide bonds. The van der Waals surface area contributed by atoms with Crippen LogP contribution in [0.1, 0.15) is 31.1 Å². The molecule has 0 saturated heterocycles. The van der Waals surface area contributed by atoms with Crippen LogP contribution in [-0.2, 0) is 4.74 Å². The highest BCUT2D eigenvalue weighted by Gasteiger charge is 2.21. The lowest BCUT2D eigenvalue weighted by molar-refractivity contribution is 0.0636. The van der Waals surface area contributed by atoms with E-state index in [1.165, 1.54) is 19.2 Å². The first kappa shape index (κ1) is 16.3. The number of ether oxygens (including phenoxy) is 2. The Bertz CT molecular complexity index is 536. The Kier molecular flexibility index (Phi) is 4.99. The number of hydrogen-bond donors (Lipinski definition) is 2. The molecular weight excluding hydrogens is 330 g/mol. The molecule has 0 aliphatic rings. The van der Waals surface area contributed by atoms with Crippen molar-refractivity contribution < 1.29 is 24.2 Å². The summed E-state index contributed by atoms with van der Waals surface area (Å²) in [6.07, 6.45) is -0.736.